The average molecular weight is 387 g/mol. The van der Waals surface area contributed by atoms with E-state index in [9.17, 15) is 13.2 Å². The highest BCUT2D eigenvalue weighted by atomic mass is 19.4. The first-order chi connectivity index (χ1) is 13.5. The van der Waals surface area contributed by atoms with Gasteiger partial charge in [0, 0.05) is 44.3 Å². The van der Waals surface area contributed by atoms with Crippen LogP contribution in [0, 0.1) is 0 Å². The van der Waals surface area contributed by atoms with E-state index < -0.39 is 11.7 Å². The molecule has 2 N–H and O–H groups in total. The van der Waals surface area contributed by atoms with Gasteiger partial charge in [0.05, 0.1) is 11.8 Å². The minimum Gasteiger partial charge on any atom is -0.373 e. The lowest BCUT2D eigenvalue weighted by Gasteiger charge is -2.10. The molecule has 2 heterocycles. The Labute approximate surface area is 160 Å². The number of nitrogens with zero attached hydrogens (tertiary/aromatic N) is 3. The molecule has 146 valence electrons. The molecule has 0 amide bonds. The molecule has 28 heavy (non-hydrogen) atoms. The lowest BCUT2D eigenvalue weighted by molar-refractivity contribution is -0.137. The SMILES string of the molecule is CNc1c(-c2cccc(C(F)(F)F)c2)cnn1/C=C\CNCc1ccncc1. The molecule has 3 rings (SSSR count). The van der Waals surface area contributed by atoms with E-state index in [1.54, 1.807) is 42.6 Å². The minimum atomic E-state index is -4.38. The van der Waals surface area contributed by atoms with Crippen molar-refractivity contribution >= 4 is 12.0 Å². The topological polar surface area (TPSA) is 54.8 Å². The maximum atomic E-state index is 13.0. The Hall–Kier alpha value is -3.13. The fourth-order valence-electron chi connectivity index (χ4n) is 2.75. The molecule has 0 aliphatic carbocycles. The van der Waals surface area contributed by atoms with Crippen molar-refractivity contribution in [1.82, 2.24) is 20.1 Å². The van der Waals surface area contributed by atoms with E-state index in [0.29, 0.717) is 30.0 Å². The Morgan fingerprint density at radius 1 is 1.14 bits per heavy atom. The molecule has 0 fully saturated rings. The van der Waals surface area contributed by atoms with Crippen LogP contribution in [-0.4, -0.2) is 28.4 Å². The standard InChI is InChI=1S/C20H20F3N5/c1-24-19-18(16-4-2-5-17(12-16)20(21,22)23)14-27-28(19)11-3-8-26-13-15-6-9-25-10-7-15/h2-7,9-12,14,24,26H,8,13H2,1H3/b11-3-. The van der Waals surface area contributed by atoms with Crippen LogP contribution in [0.25, 0.3) is 17.3 Å². The Kier molecular flexibility index (Phi) is 6.10. The van der Waals surface area contributed by atoms with Gasteiger partial charge >= 0.3 is 6.18 Å². The maximum Gasteiger partial charge on any atom is 0.416 e. The molecule has 5 nitrogen and oxygen atoms in total. The number of aromatic nitrogens is 3. The van der Waals surface area contributed by atoms with Crippen molar-refractivity contribution in [2.24, 2.45) is 0 Å². The third kappa shape index (κ3) is 4.77. The summed E-state index contributed by atoms with van der Waals surface area (Å²) in [6.07, 6.45) is 4.31. The fraction of sp³-hybridized carbons (Fsp3) is 0.200. The number of pyridine rings is 1. The monoisotopic (exact) mass is 387 g/mol. The second kappa shape index (κ2) is 8.71. The van der Waals surface area contributed by atoms with Gasteiger partial charge in [-0.1, -0.05) is 18.2 Å². The smallest absolute Gasteiger partial charge is 0.373 e. The zero-order valence-corrected chi connectivity index (χ0v) is 15.2. The number of benzene rings is 1. The number of hydrogen-bond donors (Lipinski definition) is 2. The predicted octanol–water partition coefficient (Wildman–Crippen LogP) is 4.27. The molecule has 0 bridgehead atoms. The summed E-state index contributed by atoms with van der Waals surface area (Å²) in [6, 6.07) is 9.09. The van der Waals surface area contributed by atoms with E-state index in [4.69, 9.17) is 0 Å². The second-order valence-electron chi connectivity index (χ2n) is 6.05. The first-order valence-electron chi connectivity index (χ1n) is 8.68. The number of hydrogen-bond acceptors (Lipinski definition) is 4. The van der Waals surface area contributed by atoms with Gasteiger partial charge in [-0.3, -0.25) is 4.98 Å². The van der Waals surface area contributed by atoms with Gasteiger partial charge in [-0.25, -0.2) is 4.68 Å². The van der Waals surface area contributed by atoms with Gasteiger partial charge in [-0.2, -0.15) is 18.3 Å². The summed E-state index contributed by atoms with van der Waals surface area (Å²) >= 11 is 0. The van der Waals surface area contributed by atoms with Gasteiger partial charge in [0.1, 0.15) is 5.82 Å². The van der Waals surface area contributed by atoms with Crippen molar-refractivity contribution < 1.29 is 13.2 Å². The van der Waals surface area contributed by atoms with E-state index in [1.807, 2.05) is 18.2 Å². The molecule has 1 aromatic carbocycles. The normalized spacial score (nSPS) is 11.9. The Bertz CT molecular complexity index is 933. The largest absolute Gasteiger partial charge is 0.416 e. The van der Waals surface area contributed by atoms with E-state index >= 15 is 0 Å². The zero-order chi connectivity index (χ0) is 20.0. The second-order valence-corrected chi connectivity index (χ2v) is 6.05. The number of anilines is 1. The molecular formula is C20H20F3N5. The lowest BCUT2D eigenvalue weighted by Crippen LogP contribution is -2.13. The highest BCUT2D eigenvalue weighted by Crippen LogP contribution is 2.34. The molecule has 0 saturated carbocycles. The lowest BCUT2D eigenvalue weighted by atomic mass is 10.1. The molecule has 0 spiro atoms. The Morgan fingerprint density at radius 2 is 1.93 bits per heavy atom. The molecule has 0 radical (unpaired) electrons. The third-order valence-electron chi connectivity index (χ3n) is 4.12. The van der Waals surface area contributed by atoms with Crippen molar-refractivity contribution in [2.45, 2.75) is 12.7 Å². The molecule has 0 unspecified atom stereocenters. The number of nitrogens with one attached hydrogen (secondary N) is 2. The van der Waals surface area contributed by atoms with Crippen molar-refractivity contribution in [3.63, 3.8) is 0 Å². The average Bonchev–Trinajstić information content (AvgIpc) is 3.11. The summed E-state index contributed by atoms with van der Waals surface area (Å²) < 4.78 is 40.5. The third-order valence-corrected chi connectivity index (χ3v) is 4.12. The van der Waals surface area contributed by atoms with Crippen LogP contribution in [0.4, 0.5) is 19.0 Å². The van der Waals surface area contributed by atoms with E-state index in [0.717, 1.165) is 17.7 Å². The van der Waals surface area contributed by atoms with Crippen LogP contribution < -0.4 is 10.6 Å². The van der Waals surface area contributed by atoms with Crippen molar-refractivity contribution in [1.29, 1.82) is 0 Å². The van der Waals surface area contributed by atoms with Crippen LogP contribution >= 0.6 is 0 Å². The summed E-state index contributed by atoms with van der Waals surface area (Å²) in [5, 5.41) is 10.5. The van der Waals surface area contributed by atoms with Crippen LogP contribution in [0.2, 0.25) is 0 Å². The molecule has 0 atom stereocenters. The zero-order valence-electron chi connectivity index (χ0n) is 15.2. The maximum absolute atomic E-state index is 13.0. The highest BCUT2D eigenvalue weighted by Gasteiger charge is 2.30. The number of alkyl halides is 3. The molecule has 0 saturated heterocycles. The van der Waals surface area contributed by atoms with E-state index in [-0.39, 0.29) is 0 Å². The summed E-state index contributed by atoms with van der Waals surface area (Å²) in [5.41, 5.74) is 1.50. The van der Waals surface area contributed by atoms with Gasteiger partial charge in [0.2, 0.25) is 0 Å². The first-order valence-corrected chi connectivity index (χ1v) is 8.68. The van der Waals surface area contributed by atoms with Crippen molar-refractivity contribution in [2.75, 3.05) is 18.9 Å². The van der Waals surface area contributed by atoms with Crippen molar-refractivity contribution in [3.05, 3.63) is 72.2 Å². The molecule has 8 heteroatoms. The van der Waals surface area contributed by atoms with Crippen molar-refractivity contribution in [3.8, 4) is 11.1 Å². The Morgan fingerprint density at radius 3 is 2.64 bits per heavy atom. The molecular weight excluding hydrogens is 367 g/mol. The molecule has 0 aliphatic heterocycles. The summed E-state index contributed by atoms with van der Waals surface area (Å²) in [5.74, 6) is 0.615. The quantitative estimate of drug-likeness (QED) is 0.595. The summed E-state index contributed by atoms with van der Waals surface area (Å²) in [7, 11) is 1.71. The van der Waals surface area contributed by atoms with E-state index in [1.165, 1.54) is 6.07 Å². The fourth-order valence-corrected chi connectivity index (χ4v) is 2.75. The molecule has 0 aliphatic rings. The van der Waals surface area contributed by atoms with Crippen LogP contribution in [0.3, 0.4) is 0 Å². The Balaban J connectivity index is 1.70. The molecule has 2 aromatic heterocycles. The van der Waals surface area contributed by atoms with Gasteiger partial charge in [-0.15, -0.1) is 0 Å². The van der Waals surface area contributed by atoms with Gasteiger partial charge in [-0.05, 0) is 35.4 Å². The van der Waals surface area contributed by atoms with E-state index in [2.05, 4.69) is 20.7 Å². The van der Waals surface area contributed by atoms with Crippen LogP contribution in [0.1, 0.15) is 11.1 Å². The minimum absolute atomic E-state index is 0.453. The summed E-state index contributed by atoms with van der Waals surface area (Å²) in [6.45, 7) is 1.32. The first kappa shape index (κ1) is 19.6. The van der Waals surface area contributed by atoms with Crippen LogP contribution in [0.5, 0.6) is 0 Å². The number of halogens is 3. The van der Waals surface area contributed by atoms with Gasteiger partial charge in [0.15, 0.2) is 0 Å². The van der Waals surface area contributed by atoms with Gasteiger partial charge < -0.3 is 10.6 Å². The number of rotatable bonds is 7. The summed E-state index contributed by atoms with van der Waals surface area (Å²) in [4.78, 5) is 3.97. The van der Waals surface area contributed by atoms with Crippen LogP contribution in [-0.2, 0) is 12.7 Å². The predicted molar refractivity (Wildman–Crippen MR) is 103 cm³/mol. The highest BCUT2D eigenvalue weighted by molar-refractivity contribution is 5.76. The van der Waals surface area contributed by atoms with Crippen LogP contribution in [0.15, 0.2) is 61.1 Å². The molecule has 3 aromatic rings. The van der Waals surface area contributed by atoms with Gasteiger partial charge in [0.25, 0.3) is 0 Å².